The van der Waals surface area contributed by atoms with Crippen molar-refractivity contribution in [3.05, 3.63) is 18.2 Å². The molecule has 19 heavy (non-hydrogen) atoms. The second kappa shape index (κ2) is 5.74. The lowest BCUT2D eigenvalue weighted by Crippen LogP contribution is -2.47. The maximum absolute atomic E-state index is 12.6. The van der Waals surface area contributed by atoms with Crippen molar-refractivity contribution in [1.82, 2.24) is 14.5 Å². The molecule has 2 N–H and O–H groups in total. The molecule has 1 amide bonds. The molecule has 0 saturated heterocycles. The summed E-state index contributed by atoms with van der Waals surface area (Å²) in [7, 11) is 3.78. The SMILES string of the molecule is CC1CCCC(N)C1C(=O)N(C)Cc1nccn1C. The Hall–Kier alpha value is -1.36. The number of hydrogen-bond donors (Lipinski definition) is 1. The highest BCUT2D eigenvalue weighted by Crippen LogP contribution is 2.30. The second-order valence-corrected chi connectivity index (χ2v) is 5.75. The van der Waals surface area contributed by atoms with Gasteiger partial charge >= 0.3 is 0 Å². The fraction of sp³-hybridized carbons (Fsp3) is 0.714. The van der Waals surface area contributed by atoms with Gasteiger partial charge in [-0.15, -0.1) is 0 Å². The minimum Gasteiger partial charge on any atom is -0.338 e. The number of aryl methyl sites for hydroxylation is 1. The largest absolute Gasteiger partial charge is 0.338 e. The Labute approximate surface area is 114 Å². The van der Waals surface area contributed by atoms with E-state index in [9.17, 15) is 4.79 Å². The maximum atomic E-state index is 12.6. The number of carbonyl (C=O) groups excluding carboxylic acids is 1. The summed E-state index contributed by atoms with van der Waals surface area (Å²) in [5.41, 5.74) is 6.14. The molecule has 106 valence electrons. The minimum atomic E-state index is -0.0426. The van der Waals surface area contributed by atoms with Crippen LogP contribution in [0.3, 0.4) is 0 Å². The van der Waals surface area contributed by atoms with Gasteiger partial charge in [-0.25, -0.2) is 4.98 Å². The van der Waals surface area contributed by atoms with Gasteiger partial charge in [0.2, 0.25) is 5.91 Å². The Balaban J connectivity index is 2.04. The van der Waals surface area contributed by atoms with Gasteiger partial charge in [0, 0.05) is 32.5 Å². The van der Waals surface area contributed by atoms with Crippen LogP contribution in [0.2, 0.25) is 0 Å². The van der Waals surface area contributed by atoms with Crippen molar-refractivity contribution in [2.75, 3.05) is 7.05 Å². The molecule has 5 heteroatoms. The third kappa shape index (κ3) is 2.97. The number of nitrogens with two attached hydrogens (primary N) is 1. The number of rotatable bonds is 3. The zero-order valence-corrected chi connectivity index (χ0v) is 12.0. The van der Waals surface area contributed by atoms with Crippen LogP contribution in [0.5, 0.6) is 0 Å². The van der Waals surface area contributed by atoms with Gasteiger partial charge in [-0.1, -0.05) is 13.3 Å². The predicted octanol–water partition coefficient (Wildman–Crippen LogP) is 1.14. The number of amides is 1. The van der Waals surface area contributed by atoms with Crippen molar-refractivity contribution in [2.45, 2.75) is 38.8 Å². The summed E-state index contributed by atoms with van der Waals surface area (Å²) in [6.07, 6.45) is 6.83. The molecule has 1 aliphatic rings. The molecule has 1 heterocycles. The molecule has 5 nitrogen and oxygen atoms in total. The van der Waals surface area contributed by atoms with Gasteiger partial charge in [0.25, 0.3) is 0 Å². The standard InChI is InChI=1S/C14H24N4O/c1-10-5-4-6-11(15)13(10)14(19)18(3)9-12-16-7-8-17(12)2/h7-8,10-11,13H,4-6,9,15H2,1-3H3. The molecule has 3 unspecified atom stereocenters. The van der Waals surface area contributed by atoms with E-state index < -0.39 is 0 Å². The maximum Gasteiger partial charge on any atom is 0.227 e. The Bertz CT molecular complexity index is 432. The molecule has 0 aliphatic heterocycles. The molecule has 0 aromatic carbocycles. The summed E-state index contributed by atoms with van der Waals surface area (Å²) in [5, 5.41) is 0. The first-order chi connectivity index (χ1) is 9.00. The molecule has 1 aliphatic carbocycles. The zero-order chi connectivity index (χ0) is 14.0. The average molecular weight is 264 g/mol. The van der Waals surface area contributed by atoms with Crippen molar-refractivity contribution in [3.63, 3.8) is 0 Å². The monoisotopic (exact) mass is 264 g/mol. The van der Waals surface area contributed by atoms with Crippen molar-refractivity contribution < 1.29 is 4.79 Å². The Morgan fingerprint density at radius 3 is 2.89 bits per heavy atom. The molecule has 1 aromatic heterocycles. The second-order valence-electron chi connectivity index (χ2n) is 5.75. The molecule has 0 bridgehead atoms. The summed E-state index contributed by atoms with van der Waals surface area (Å²) in [5.74, 6) is 1.38. The molecule has 0 radical (unpaired) electrons. The molecular weight excluding hydrogens is 240 g/mol. The third-order valence-electron chi connectivity index (χ3n) is 4.23. The highest BCUT2D eigenvalue weighted by Gasteiger charge is 2.35. The lowest BCUT2D eigenvalue weighted by atomic mass is 9.76. The van der Waals surface area contributed by atoms with E-state index in [2.05, 4.69) is 11.9 Å². The van der Waals surface area contributed by atoms with Gasteiger partial charge in [-0.3, -0.25) is 4.79 Å². The van der Waals surface area contributed by atoms with Crippen LogP contribution < -0.4 is 5.73 Å². The highest BCUT2D eigenvalue weighted by atomic mass is 16.2. The number of aromatic nitrogens is 2. The zero-order valence-electron chi connectivity index (χ0n) is 12.0. The van der Waals surface area contributed by atoms with Gasteiger partial charge < -0.3 is 15.2 Å². The van der Waals surface area contributed by atoms with Crippen LogP contribution in [-0.2, 0) is 18.4 Å². The summed E-state index contributed by atoms with van der Waals surface area (Å²) in [4.78, 5) is 18.6. The van der Waals surface area contributed by atoms with Crippen LogP contribution in [0, 0.1) is 11.8 Å². The average Bonchev–Trinajstić information content (AvgIpc) is 2.74. The van der Waals surface area contributed by atoms with Gasteiger partial charge in [-0.05, 0) is 18.8 Å². The van der Waals surface area contributed by atoms with Crippen molar-refractivity contribution in [3.8, 4) is 0 Å². The minimum absolute atomic E-state index is 0.0000661. The van der Waals surface area contributed by atoms with E-state index in [-0.39, 0.29) is 17.9 Å². The van der Waals surface area contributed by atoms with Crippen LogP contribution in [0.15, 0.2) is 12.4 Å². The lowest BCUT2D eigenvalue weighted by molar-refractivity contribution is -0.138. The molecular formula is C14H24N4O. The van der Waals surface area contributed by atoms with Crippen LogP contribution in [0.4, 0.5) is 0 Å². The molecule has 1 fully saturated rings. The third-order valence-corrected chi connectivity index (χ3v) is 4.23. The summed E-state index contributed by atoms with van der Waals surface area (Å²) in [6, 6.07) is 0.0000661. The van der Waals surface area contributed by atoms with Gasteiger partial charge in [0.1, 0.15) is 5.82 Å². The van der Waals surface area contributed by atoms with E-state index in [1.54, 1.807) is 11.1 Å². The van der Waals surface area contributed by atoms with Gasteiger partial charge in [0.15, 0.2) is 0 Å². The first kappa shape index (κ1) is 14.1. The fourth-order valence-corrected chi connectivity index (χ4v) is 2.98. The van der Waals surface area contributed by atoms with Crippen LogP contribution >= 0.6 is 0 Å². The predicted molar refractivity (Wildman–Crippen MR) is 74.2 cm³/mol. The molecule has 3 atom stereocenters. The summed E-state index contributed by atoms with van der Waals surface area (Å²) in [6.45, 7) is 2.68. The number of imidazole rings is 1. The van der Waals surface area contributed by atoms with E-state index in [1.807, 2.05) is 24.9 Å². The number of nitrogens with zero attached hydrogens (tertiary/aromatic N) is 3. The fourth-order valence-electron chi connectivity index (χ4n) is 2.98. The number of hydrogen-bond acceptors (Lipinski definition) is 3. The summed E-state index contributed by atoms with van der Waals surface area (Å²) < 4.78 is 1.94. The molecule has 1 aromatic rings. The van der Waals surface area contributed by atoms with Crippen LogP contribution in [0.1, 0.15) is 32.0 Å². The van der Waals surface area contributed by atoms with Crippen molar-refractivity contribution >= 4 is 5.91 Å². The summed E-state index contributed by atoms with van der Waals surface area (Å²) >= 11 is 0. The Morgan fingerprint density at radius 1 is 1.58 bits per heavy atom. The molecule has 1 saturated carbocycles. The van der Waals surface area contributed by atoms with Crippen LogP contribution in [0.25, 0.3) is 0 Å². The van der Waals surface area contributed by atoms with Gasteiger partial charge in [-0.2, -0.15) is 0 Å². The van der Waals surface area contributed by atoms with E-state index in [4.69, 9.17) is 5.73 Å². The van der Waals surface area contributed by atoms with E-state index in [0.717, 1.165) is 25.1 Å². The van der Waals surface area contributed by atoms with Crippen molar-refractivity contribution in [2.24, 2.45) is 24.6 Å². The van der Waals surface area contributed by atoms with Crippen LogP contribution in [-0.4, -0.2) is 33.4 Å². The van der Waals surface area contributed by atoms with E-state index in [0.29, 0.717) is 12.5 Å². The Kier molecular flexibility index (Phi) is 4.24. The first-order valence-corrected chi connectivity index (χ1v) is 6.97. The smallest absolute Gasteiger partial charge is 0.227 e. The van der Waals surface area contributed by atoms with Gasteiger partial charge in [0.05, 0.1) is 12.5 Å². The number of carbonyl (C=O) groups is 1. The van der Waals surface area contributed by atoms with E-state index in [1.165, 1.54) is 0 Å². The van der Waals surface area contributed by atoms with Crippen molar-refractivity contribution in [1.29, 1.82) is 0 Å². The topological polar surface area (TPSA) is 64.2 Å². The first-order valence-electron chi connectivity index (χ1n) is 6.97. The normalized spacial score (nSPS) is 27.3. The molecule has 2 rings (SSSR count). The highest BCUT2D eigenvalue weighted by molar-refractivity contribution is 5.79. The lowest BCUT2D eigenvalue weighted by Gasteiger charge is -2.35. The Morgan fingerprint density at radius 2 is 2.32 bits per heavy atom. The molecule has 0 spiro atoms. The van der Waals surface area contributed by atoms with E-state index >= 15 is 0 Å². The quantitative estimate of drug-likeness (QED) is 0.890.